The van der Waals surface area contributed by atoms with Crippen molar-refractivity contribution < 1.29 is 5.11 Å². The lowest BCUT2D eigenvalue weighted by Crippen LogP contribution is -2.40. The van der Waals surface area contributed by atoms with Crippen LogP contribution in [0, 0.1) is 0 Å². The molecule has 1 aromatic heterocycles. The van der Waals surface area contributed by atoms with Gasteiger partial charge < -0.3 is 19.9 Å². The standard InChI is InChI=1S/C16H27ClN4O/c1-4-18-15(19-12-16(22)7-5-6-8-16)21(3)11-14-9-13(17)10-20(14)2/h9-10,22H,4-8,11-12H2,1-3H3,(H,18,19). The number of halogens is 1. The van der Waals surface area contributed by atoms with Crippen molar-refractivity contribution in [3.8, 4) is 0 Å². The number of rotatable bonds is 5. The predicted molar refractivity (Wildman–Crippen MR) is 91.3 cm³/mol. The molecule has 6 heteroatoms. The van der Waals surface area contributed by atoms with Crippen LogP contribution < -0.4 is 5.32 Å². The summed E-state index contributed by atoms with van der Waals surface area (Å²) in [6.45, 7) is 4.03. The van der Waals surface area contributed by atoms with E-state index < -0.39 is 5.60 Å². The van der Waals surface area contributed by atoms with E-state index in [9.17, 15) is 5.11 Å². The van der Waals surface area contributed by atoms with Gasteiger partial charge in [0.25, 0.3) is 0 Å². The average molecular weight is 327 g/mol. The van der Waals surface area contributed by atoms with E-state index in [1.807, 2.05) is 37.8 Å². The van der Waals surface area contributed by atoms with Gasteiger partial charge in [-0.05, 0) is 25.8 Å². The monoisotopic (exact) mass is 326 g/mol. The smallest absolute Gasteiger partial charge is 0.194 e. The number of guanidine groups is 1. The Morgan fingerprint density at radius 1 is 1.50 bits per heavy atom. The van der Waals surface area contributed by atoms with Crippen molar-refractivity contribution in [3.05, 3.63) is 23.0 Å². The fourth-order valence-electron chi connectivity index (χ4n) is 2.92. The quantitative estimate of drug-likeness (QED) is 0.645. The maximum atomic E-state index is 10.5. The second-order valence-corrected chi connectivity index (χ2v) is 6.65. The minimum atomic E-state index is -0.615. The number of nitrogens with zero attached hydrogens (tertiary/aromatic N) is 3. The zero-order valence-electron chi connectivity index (χ0n) is 13.8. The fourth-order valence-corrected chi connectivity index (χ4v) is 3.20. The van der Waals surface area contributed by atoms with Crippen molar-refractivity contribution >= 4 is 17.6 Å². The highest BCUT2D eigenvalue weighted by Gasteiger charge is 2.30. The fraction of sp³-hybridized carbons (Fsp3) is 0.688. The molecule has 1 aromatic rings. The topological polar surface area (TPSA) is 52.8 Å². The molecule has 22 heavy (non-hydrogen) atoms. The highest BCUT2D eigenvalue weighted by molar-refractivity contribution is 6.30. The van der Waals surface area contributed by atoms with E-state index in [-0.39, 0.29) is 0 Å². The first-order valence-electron chi connectivity index (χ1n) is 7.96. The van der Waals surface area contributed by atoms with Crippen LogP contribution in [0.2, 0.25) is 5.02 Å². The van der Waals surface area contributed by atoms with Gasteiger partial charge in [-0.3, -0.25) is 4.99 Å². The molecule has 0 radical (unpaired) electrons. The van der Waals surface area contributed by atoms with Crippen molar-refractivity contribution in [2.75, 3.05) is 20.1 Å². The molecule has 1 saturated carbocycles. The van der Waals surface area contributed by atoms with Crippen LogP contribution in [-0.4, -0.2) is 46.3 Å². The first kappa shape index (κ1) is 17.2. The zero-order valence-corrected chi connectivity index (χ0v) is 14.5. The van der Waals surface area contributed by atoms with Crippen LogP contribution >= 0.6 is 11.6 Å². The molecule has 1 aliphatic rings. The van der Waals surface area contributed by atoms with Crippen LogP contribution in [0.4, 0.5) is 0 Å². The van der Waals surface area contributed by atoms with E-state index in [1.165, 1.54) is 0 Å². The van der Waals surface area contributed by atoms with Gasteiger partial charge >= 0.3 is 0 Å². The average Bonchev–Trinajstić information content (AvgIpc) is 3.01. The second-order valence-electron chi connectivity index (χ2n) is 6.22. The first-order valence-corrected chi connectivity index (χ1v) is 8.34. The van der Waals surface area contributed by atoms with E-state index in [1.54, 1.807) is 0 Å². The summed E-state index contributed by atoms with van der Waals surface area (Å²) in [5.74, 6) is 0.820. The molecule has 2 N–H and O–H groups in total. The molecule has 5 nitrogen and oxygen atoms in total. The third-order valence-corrected chi connectivity index (χ3v) is 4.43. The molecule has 0 amide bonds. The van der Waals surface area contributed by atoms with Crippen LogP contribution in [0.15, 0.2) is 17.3 Å². The Balaban J connectivity index is 2.04. The summed E-state index contributed by atoms with van der Waals surface area (Å²) < 4.78 is 2.02. The predicted octanol–water partition coefficient (Wildman–Crippen LogP) is 2.38. The van der Waals surface area contributed by atoms with Gasteiger partial charge in [0, 0.05) is 32.5 Å². The van der Waals surface area contributed by atoms with Gasteiger partial charge in [0.15, 0.2) is 5.96 Å². The molecule has 0 bridgehead atoms. The molecular formula is C16H27ClN4O. The SMILES string of the molecule is CCNC(=NCC1(O)CCCC1)N(C)Cc1cc(Cl)cn1C. The van der Waals surface area contributed by atoms with Crippen molar-refractivity contribution in [2.45, 2.75) is 44.8 Å². The summed E-state index contributed by atoms with van der Waals surface area (Å²) in [5.41, 5.74) is 0.508. The van der Waals surface area contributed by atoms with E-state index in [0.717, 1.165) is 48.9 Å². The summed E-state index contributed by atoms with van der Waals surface area (Å²) in [7, 11) is 3.99. The third-order valence-electron chi connectivity index (χ3n) is 4.23. The Kier molecular flexibility index (Phi) is 5.75. The van der Waals surface area contributed by atoms with E-state index >= 15 is 0 Å². The Bertz CT molecular complexity index is 520. The van der Waals surface area contributed by atoms with Gasteiger partial charge in [-0.2, -0.15) is 0 Å². The lowest BCUT2D eigenvalue weighted by molar-refractivity contribution is 0.0572. The van der Waals surface area contributed by atoms with Gasteiger partial charge in [0.1, 0.15) is 0 Å². The van der Waals surface area contributed by atoms with Gasteiger partial charge in [-0.25, -0.2) is 0 Å². The summed E-state index contributed by atoms with van der Waals surface area (Å²) in [5, 5.41) is 14.5. The molecule has 0 spiro atoms. The van der Waals surface area contributed by atoms with Crippen LogP contribution in [0.5, 0.6) is 0 Å². The number of aryl methyl sites for hydroxylation is 1. The number of aliphatic hydroxyl groups is 1. The van der Waals surface area contributed by atoms with E-state index in [2.05, 4.69) is 15.2 Å². The molecule has 0 atom stereocenters. The molecule has 1 heterocycles. The van der Waals surface area contributed by atoms with Gasteiger partial charge in [0.05, 0.1) is 23.7 Å². The van der Waals surface area contributed by atoms with Crippen molar-refractivity contribution in [1.29, 1.82) is 0 Å². The van der Waals surface area contributed by atoms with Crippen LogP contribution in [0.25, 0.3) is 0 Å². The normalized spacial score (nSPS) is 17.8. The third kappa shape index (κ3) is 4.40. The van der Waals surface area contributed by atoms with Gasteiger partial charge in [-0.15, -0.1) is 0 Å². The molecule has 1 aliphatic carbocycles. The molecule has 0 unspecified atom stereocenters. The molecule has 0 aromatic carbocycles. The van der Waals surface area contributed by atoms with E-state index in [0.29, 0.717) is 13.1 Å². The minimum Gasteiger partial charge on any atom is -0.388 e. The first-order chi connectivity index (χ1) is 10.4. The number of aliphatic imine (C=N–C) groups is 1. The molecule has 1 fully saturated rings. The number of hydrogen-bond donors (Lipinski definition) is 2. The van der Waals surface area contributed by atoms with E-state index in [4.69, 9.17) is 11.6 Å². The zero-order chi connectivity index (χ0) is 16.2. The number of hydrogen-bond acceptors (Lipinski definition) is 2. The Morgan fingerprint density at radius 2 is 2.18 bits per heavy atom. The summed E-state index contributed by atoms with van der Waals surface area (Å²) >= 11 is 6.04. The van der Waals surface area contributed by atoms with Crippen molar-refractivity contribution in [1.82, 2.24) is 14.8 Å². The van der Waals surface area contributed by atoms with Crippen LogP contribution in [0.1, 0.15) is 38.3 Å². The summed E-state index contributed by atoms with van der Waals surface area (Å²) in [4.78, 5) is 6.70. The lowest BCUT2D eigenvalue weighted by Gasteiger charge is -2.25. The van der Waals surface area contributed by atoms with Gasteiger partial charge in [-0.1, -0.05) is 24.4 Å². The lowest BCUT2D eigenvalue weighted by atomic mass is 10.0. The maximum Gasteiger partial charge on any atom is 0.194 e. The molecule has 0 aliphatic heterocycles. The summed E-state index contributed by atoms with van der Waals surface area (Å²) in [6, 6.07) is 1.96. The minimum absolute atomic E-state index is 0.466. The highest BCUT2D eigenvalue weighted by Crippen LogP contribution is 2.29. The van der Waals surface area contributed by atoms with Crippen LogP contribution in [-0.2, 0) is 13.6 Å². The molecule has 124 valence electrons. The number of aromatic nitrogens is 1. The highest BCUT2D eigenvalue weighted by atomic mass is 35.5. The van der Waals surface area contributed by atoms with Gasteiger partial charge in [0.2, 0.25) is 0 Å². The van der Waals surface area contributed by atoms with Crippen LogP contribution in [0.3, 0.4) is 0 Å². The Hall–Kier alpha value is -1.20. The molecular weight excluding hydrogens is 300 g/mol. The molecule has 0 saturated heterocycles. The Morgan fingerprint density at radius 3 is 2.73 bits per heavy atom. The summed E-state index contributed by atoms with van der Waals surface area (Å²) in [6.07, 6.45) is 5.80. The van der Waals surface area contributed by atoms with Crippen molar-refractivity contribution in [3.63, 3.8) is 0 Å². The second kappa shape index (κ2) is 7.38. The largest absolute Gasteiger partial charge is 0.388 e. The molecule has 2 rings (SSSR count). The van der Waals surface area contributed by atoms with Crippen molar-refractivity contribution in [2.24, 2.45) is 12.0 Å². The number of nitrogens with one attached hydrogen (secondary N) is 1. The Labute approximate surface area is 138 Å². The maximum absolute atomic E-state index is 10.5.